The third-order valence-corrected chi connectivity index (χ3v) is 3.24. The van der Waals surface area contributed by atoms with Crippen LogP contribution in [0.5, 0.6) is 0 Å². The van der Waals surface area contributed by atoms with Gasteiger partial charge in [0.2, 0.25) is 5.95 Å². The van der Waals surface area contributed by atoms with Crippen LogP contribution in [0.4, 0.5) is 4.39 Å². The van der Waals surface area contributed by atoms with Crippen molar-refractivity contribution in [3.05, 3.63) is 58.2 Å². The van der Waals surface area contributed by atoms with Gasteiger partial charge in [-0.05, 0) is 46.9 Å². The Morgan fingerprint density at radius 1 is 1.12 bits per heavy atom. The molecule has 84 valence electrons. The third-order valence-electron chi connectivity index (χ3n) is 2.57. The van der Waals surface area contributed by atoms with Gasteiger partial charge in [0.25, 0.3) is 0 Å². The van der Waals surface area contributed by atoms with Gasteiger partial charge in [-0.15, -0.1) is 0 Å². The van der Waals surface area contributed by atoms with Gasteiger partial charge in [0.05, 0.1) is 0 Å². The van der Waals surface area contributed by atoms with E-state index in [4.69, 9.17) is 0 Å². The van der Waals surface area contributed by atoms with Gasteiger partial charge >= 0.3 is 0 Å². The molecule has 0 unspecified atom stereocenters. The summed E-state index contributed by atoms with van der Waals surface area (Å²) in [6, 6.07) is 13.1. The maximum absolute atomic E-state index is 14.1. The molecule has 0 aliphatic rings. The van der Waals surface area contributed by atoms with E-state index in [0.717, 1.165) is 9.13 Å². The molecule has 0 radical (unpaired) electrons. The number of halogens is 2. The van der Waals surface area contributed by atoms with Crippen molar-refractivity contribution < 1.29 is 4.39 Å². The molecular weight excluding hydrogens is 330 g/mol. The van der Waals surface area contributed by atoms with Crippen molar-refractivity contribution in [2.75, 3.05) is 0 Å². The molecule has 2 aromatic heterocycles. The van der Waals surface area contributed by atoms with Crippen LogP contribution in [-0.4, -0.2) is 9.38 Å². The largest absolute Gasteiger partial charge is 0.276 e. The van der Waals surface area contributed by atoms with Gasteiger partial charge in [0, 0.05) is 15.3 Å². The second kappa shape index (κ2) is 4.10. The minimum atomic E-state index is -0.317. The Bertz CT molecular complexity index is 691. The molecule has 0 fully saturated rings. The predicted molar refractivity (Wildman–Crippen MR) is 73.3 cm³/mol. The highest BCUT2D eigenvalue weighted by molar-refractivity contribution is 14.1. The molecule has 0 atom stereocenters. The molecule has 2 nitrogen and oxygen atoms in total. The lowest BCUT2D eigenvalue weighted by Crippen LogP contribution is -1.87. The average Bonchev–Trinajstić information content (AvgIpc) is 2.68. The summed E-state index contributed by atoms with van der Waals surface area (Å²) in [5.74, 6) is -0.317. The number of hydrogen-bond acceptors (Lipinski definition) is 1. The molecule has 17 heavy (non-hydrogen) atoms. The third kappa shape index (κ3) is 1.82. The van der Waals surface area contributed by atoms with Crippen LogP contribution in [0.2, 0.25) is 0 Å². The van der Waals surface area contributed by atoms with Crippen molar-refractivity contribution in [3.8, 4) is 11.3 Å². The number of rotatable bonds is 1. The van der Waals surface area contributed by atoms with Crippen LogP contribution in [0.15, 0.2) is 48.7 Å². The van der Waals surface area contributed by atoms with Gasteiger partial charge in [-0.2, -0.15) is 4.39 Å². The summed E-state index contributed by atoms with van der Waals surface area (Å²) in [5, 5.41) is 0. The Balaban J connectivity index is 2.27. The summed E-state index contributed by atoms with van der Waals surface area (Å²) in [7, 11) is 0. The van der Waals surface area contributed by atoms with E-state index in [0.29, 0.717) is 11.3 Å². The van der Waals surface area contributed by atoms with Gasteiger partial charge in [-0.1, -0.05) is 18.2 Å². The molecule has 0 saturated carbocycles. The van der Waals surface area contributed by atoms with Crippen LogP contribution in [0.3, 0.4) is 0 Å². The molecule has 3 rings (SSSR count). The Morgan fingerprint density at radius 2 is 2.00 bits per heavy atom. The van der Waals surface area contributed by atoms with E-state index in [9.17, 15) is 4.39 Å². The highest BCUT2D eigenvalue weighted by Crippen LogP contribution is 2.24. The molecule has 0 aliphatic heterocycles. The van der Waals surface area contributed by atoms with Crippen molar-refractivity contribution in [2.24, 2.45) is 0 Å². The topological polar surface area (TPSA) is 17.3 Å². The molecular formula is C13H8FIN2. The quantitative estimate of drug-likeness (QED) is 0.618. The SMILES string of the molecule is Fc1c(-c2cccc(I)c2)nc2ccccn12. The van der Waals surface area contributed by atoms with E-state index in [1.54, 1.807) is 18.3 Å². The molecule has 0 amide bonds. The molecule has 1 aromatic carbocycles. The van der Waals surface area contributed by atoms with E-state index in [1.807, 2.05) is 30.3 Å². The van der Waals surface area contributed by atoms with E-state index in [2.05, 4.69) is 27.6 Å². The first-order valence-corrected chi connectivity index (χ1v) is 6.22. The lowest BCUT2D eigenvalue weighted by Gasteiger charge is -1.97. The van der Waals surface area contributed by atoms with Crippen LogP contribution in [0.25, 0.3) is 16.9 Å². The molecule has 0 N–H and O–H groups in total. The molecule has 0 saturated heterocycles. The Morgan fingerprint density at radius 3 is 2.76 bits per heavy atom. The first kappa shape index (κ1) is 10.7. The van der Waals surface area contributed by atoms with Gasteiger partial charge < -0.3 is 0 Å². The van der Waals surface area contributed by atoms with E-state index < -0.39 is 0 Å². The van der Waals surface area contributed by atoms with Gasteiger partial charge in [-0.3, -0.25) is 4.40 Å². The molecule has 0 spiro atoms. The molecule has 3 aromatic rings. The zero-order valence-electron chi connectivity index (χ0n) is 8.77. The number of benzene rings is 1. The van der Waals surface area contributed by atoms with Crippen molar-refractivity contribution in [1.29, 1.82) is 0 Å². The summed E-state index contributed by atoms with van der Waals surface area (Å²) < 4.78 is 16.7. The lowest BCUT2D eigenvalue weighted by atomic mass is 10.2. The second-order valence-electron chi connectivity index (χ2n) is 3.69. The van der Waals surface area contributed by atoms with Crippen LogP contribution in [-0.2, 0) is 0 Å². The average molecular weight is 338 g/mol. The van der Waals surface area contributed by atoms with Crippen molar-refractivity contribution >= 4 is 28.2 Å². The zero-order valence-corrected chi connectivity index (χ0v) is 10.9. The Hall–Kier alpha value is -1.43. The second-order valence-corrected chi connectivity index (χ2v) is 4.94. The zero-order chi connectivity index (χ0) is 11.8. The minimum Gasteiger partial charge on any atom is -0.276 e. The van der Waals surface area contributed by atoms with Crippen LogP contribution in [0, 0.1) is 9.52 Å². The summed E-state index contributed by atoms with van der Waals surface area (Å²) in [6.07, 6.45) is 1.68. The fraction of sp³-hybridized carbons (Fsp3) is 0. The molecule has 2 heterocycles. The predicted octanol–water partition coefficient (Wildman–Crippen LogP) is 3.75. The summed E-state index contributed by atoms with van der Waals surface area (Å²) in [4.78, 5) is 4.31. The van der Waals surface area contributed by atoms with Crippen molar-refractivity contribution in [1.82, 2.24) is 9.38 Å². The smallest absolute Gasteiger partial charge is 0.225 e. The lowest BCUT2D eigenvalue weighted by molar-refractivity contribution is 0.576. The van der Waals surface area contributed by atoms with Gasteiger partial charge in [0.15, 0.2) is 0 Å². The van der Waals surface area contributed by atoms with E-state index in [1.165, 1.54) is 4.40 Å². The first-order valence-electron chi connectivity index (χ1n) is 5.14. The standard InChI is InChI=1S/C13H8FIN2/c14-13-12(9-4-3-5-10(15)8-9)16-11-6-1-2-7-17(11)13/h1-8H. The van der Waals surface area contributed by atoms with Crippen LogP contribution >= 0.6 is 22.6 Å². The number of pyridine rings is 1. The maximum atomic E-state index is 14.1. The number of aromatic nitrogens is 2. The number of nitrogens with zero attached hydrogens (tertiary/aromatic N) is 2. The highest BCUT2D eigenvalue weighted by atomic mass is 127. The molecule has 4 heteroatoms. The van der Waals surface area contributed by atoms with E-state index >= 15 is 0 Å². The van der Waals surface area contributed by atoms with Crippen molar-refractivity contribution in [3.63, 3.8) is 0 Å². The minimum absolute atomic E-state index is 0.317. The Kier molecular flexibility index (Phi) is 2.58. The van der Waals surface area contributed by atoms with Crippen LogP contribution in [0.1, 0.15) is 0 Å². The van der Waals surface area contributed by atoms with Crippen molar-refractivity contribution in [2.45, 2.75) is 0 Å². The summed E-state index contributed by atoms with van der Waals surface area (Å²) in [5.41, 5.74) is 1.83. The normalized spacial score (nSPS) is 10.9. The van der Waals surface area contributed by atoms with Crippen LogP contribution < -0.4 is 0 Å². The number of imidazole rings is 1. The summed E-state index contributed by atoms with van der Waals surface area (Å²) >= 11 is 2.21. The fourth-order valence-electron chi connectivity index (χ4n) is 1.79. The molecule has 0 bridgehead atoms. The highest BCUT2D eigenvalue weighted by Gasteiger charge is 2.13. The maximum Gasteiger partial charge on any atom is 0.225 e. The summed E-state index contributed by atoms with van der Waals surface area (Å²) in [6.45, 7) is 0. The number of fused-ring (bicyclic) bond motifs is 1. The fourth-order valence-corrected chi connectivity index (χ4v) is 2.33. The van der Waals surface area contributed by atoms with Gasteiger partial charge in [0.1, 0.15) is 11.3 Å². The monoisotopic (exact) mass is 338 g/mol. The first-order chi connectivity index (χ1) is 8.25. The van der Waals surface area contributed by atoms with E-state index in [-0.39, 0.29) is 5.95 Å². The molecule has 0 aliphatic carbocycles. The Labute approximate surface area is 111 Å². The van der Waals surface area contributed by atoms with Gasteiger partial charge in [-0.25, -0.2) is 4.98 Å². The number of hydrogen-bond donors (Lipinski definition) is 0.